The topological polar surface area (TPSA) is 115 Å². The normalized spacial score (nSPS) is 11.4. The summed E-state index contributed by atoms with van der Waals surface area (Å²) in [7, 11) is -2.74. The fourth-order valence-electron chi connectivity index (χ4n) is 4.06. The van der Waals surface area contributed by atoms with Crippen molar-refractivity contribution in [3.63, 3.8) is 0 Å². The van der Waals surface area contributed by atoms with Gasteiger partial charge in [0.25, 0.3) is 10.0 Å². The molecule has 0 radical (unpaired) electrons. The molecule has 1 N–H and O–H groups in total. The van der Waals surface area contributed by atoms with Crippen molar-refractivity contribution in [2.75, 3.05) is 11.4 Å². The molecule has 0 aliphatic heterocycles. The molecule has 0 aliphatic carbocycles. The number of ether oxygens (including phenoxy) is 1. The van der Waals surface area contributed by atoms with Crippen LogP contribution in [0.2, 0.25) is 0 Å². The van der Waals surface area contributed by atoms with E-state index in [9.17, 15) is 18.3 Å². The number of sulfonamides is 1. The molecule has 0 fully saturated rings. The molecule has 2 heterocycles. The van der Waals surface area contributed by atoms with Crippen molar-refractivity contribution >= 4 is 32.7 Å². The summed E-state index contributed by atoms with van der Waals surface area (Å²) in [6, 6.07) is 24.1. The number of pyridine rings is 1. The zero-order chi connectivity index (χ0) is 26.0. The highest BCUT2D eigenvalue weighted by Crippen LogP contribution is 2.36. The maximum atomic E-state index is 14.1. The van der Waals surface area contributed by atoms with Crippen molar-refractivity contribution in [3.05, 3.63) is 108 Å². The smallest absolute Gasteiger partial charge is 0.339 e. The second kappa shape index (κ2) is 9.75. The molecule has 0 amide bonds. The molecule has 5 aromatic rings. The maximum Gasteiger partial charge on any atom is 0.339 e. The number of aromatic nitrogens is 3. The molecular weight excluding hydrogens is 492 g/mol. The van der Waals surface area contributed by atoms with Crippen molar-refractivity contribution in [1.29, 1.82) is 0 Å². The Morgan fingerprint density at radius 2 is 1.59 bits per heavy atom. The maximum absolute atomic E-state index is 14.1. The Morgan fingerprint density at radius 3 is 2.22 bits per heavy atom. The van der Waals surface area contributed by atoms with Gasteiger partial charge in [-0.2, -0.15) is 5.10 Å². The first-order valence-corrected chi connectivity index (χ1v) is 12.7. The third-order valence-corrected chi connectivity index (χ3v) is 7.63. The van der Waals surface area contributed by atoms with E-state index in [1.54, 1.807) is 41.1 Å². The molecule has 186 valence electrons. The van der Waals surface area contributed by atoms with Crippen LogP contribution in [0.5, 0.6) is 5.75 Å². The molecule has 10 heteroatoms. The van der Waals surface area contributed by atoms with Gasteiger partial charge in [-0.3, -0.25) is 4.31 Å². The Labute approximate surface area is 213 Å². The summed E-state index contributed by atoms with van der Waals surface area (Å²) in [5.74, 6) is -0.810. The van der Waals surface area contributed by atoms with Crippen molar-refractivity contribution in [2.45, 2.75) is 11.4 Å². The molecule has 37 heavy (non-hydrogen) atoms. The minimum Gasteiger partial charge on any atom is -0.497 e. The number of hydrogen-bond donors (Lipinski definition) is 1. The van der Waals surface area contributed by atoms with E-state index < -0.39 is 16.0 Å². The third kappa shape index (κ3) is 4.50. The number of anilines is 1. The van der Waals surface area contributed by atoms with Gasteiger partial charge in [-0.05, 0) is 42.0 Å². The van der Waals surface area contributed by atoms with Gasteiger partial charge in [-0.25, -0.2) is 22.9 Å². The number of fused-ring (bicyclic) bond motifs is 1. The van der Waals surface area contributed by atoms with E-state index >= 15 is 0 Å². The molecule has 5 rings (SSSR count). The van der Waals surface area contributed by atoms with Gasteiger partial charge in [-0.1, -0.05) is 48.5 Å². The van der Waals surface area contributed by atoms with Crippen molar-refractivity contribution < 1.29 is 23.1 Å². The lowest BCUT2D eigenvalue weighted by Crippen LogP contribution is -2.32. The predicted molar refractivity (Wildman–Crippen MR) is 139 cm³/mol. The second-order valence-electron chi connectivity index (χ2n) is 8.13. The number of hydrogen-bond acceptors (Lipinski definition) is 6. The van der Waals surface area contributed by atoms with E-state index in [4.69, 9.17) is 4.74 Å². The van der Waals surface area contributed by atoms with Crippen LogP contribution in [0.1, 0.15) is 15.9 Å². The van der Waals surface area contributed by atoms with Crippen LogP contribution in [0.4, 0.5) is 5.69 Å². The van der Waals surface area contributed by atoms with Crippen molar-refractivity contribution in [3.8, 4) is 11.4 Å². The molecule has 0 saturated carbocycles. The van der Waals surface area contributed by atoms with Crippen molar-refractivity contribution in [2.24, 2.45) is 0 Å². The lowest BCUT2D eigenvalue weighted by atomic mass is 10.1. The third-order valence-electron chi connectivity index (χ3n) is 5.87. The monoisotopic (exact) mass is 514 g/mol. The Kier molecular flexibility index (Phi) is 6.33. The fourth-order valence-corrected chi connectivity index (χ4v) is 5.55. The minimum absolute atomic E-state index is 0.0130. The van der Waals surface area contributed by atoms with Crippen LogP contribution in [0, 0.1) is 0 Å². The lowest BCUT2D eigenvalue weighted by molar-refractivity contribution is 0.0697. The largest absolute Gasteiger partial charge is 0.497 e. The minimum atomic E-state index is -4.23. The summed E-state index contributed by atoms with van der Waals surface area (Å²) in [6.07, 6.45) is 2.61. The van der Waals surface area contributed by atoms with Crippen LogP contribution in [-0.2, 0) is 16.6 Å². The molecule has 0 aliphatic rings. The summed E-state index contributed by atoms with van der Waals surface area (Å²) in [5, 5.41) is 14.8. The Balaban J connectivity index is 1.77. The summed E-state index contributed by atoms with van der Waals surface area (Å²) < 4.78 is 36.0. The van der Waals surface area contributed by atoms with E-state index in [2.05, 4.69) is 10.1 Å². The molecule has 0 saturated heterocycles. The van der Waals surface area contributed by atoms with Crippen molar-refractivity contribution in [1.82, 2.24) is 14.8 Å². The number of nitrogens with zero attached hydrogens (tertiary/aromatic N) is 4. The van der Waals surface area contributed by atoms with Crippen LogP contribution in [0.3, 0.4) is 0 Å². The van der Waals surface area contributed by atoms with Gasteiger partial charge in [-0.15, -0.1) is 0 Å². The Hall–Kier alpha value is -4.70. The molecular formula is C27H22N4O5S. The molecule has 0 unspecified atom stereocenters. The standard InChI is InChI=1S/C27H22N4O5S/c1-36-21-12-14-22(15-13-21)37(34,35)30(18-19-8-4-2-5-9-19)25-23-17-29-31(20-10-6-3-7-11-20)26(23)28-16-24(25)27(32)33/h2-17H,18H2,1H3,(H,32,33). The number of carbonyl (C=O) groups is 1. The fraction of sp³-hybridized carbons (Fsp3) is 0.0741. The van der Waals surface area contributed by atoms with E-state index in [-0.39, 0.29) is 28.1 Å². The number of benzene rings is 3. The molecule has 2 aromatic heterocycles. The summed E-state index contributed by atoms with van der Waals surface area (Å²) in [5.41, 5.74) is 1.43. The average molecular weight is 515 g/mol. The molecule has 9 nitrogen and oxygen atoms in total. The molecule has 0 spiro atoms. The quantitative estimate of drug-likeness (QED) is 0.324. The number of para-hydroxylation sites is 1. The molecule has 3 aromatic carbocycles. The summed E-state index contributed by atoms with van der Waals surface area (Å²) in [4.78, 5) is 16.7. The first-order valence-electron chi connectivity index (χ1n) is 11.3. The van der Waals surface area contributed by atoms with Gasteiger partial charge in [0.15, 0.2) is 5.65 Å². The van der Waals surface area contributed by atoms with Crippen LogP contribution < -0.4 is 9.04 Å². The number of carboxylic acid groups (broad SMARTS) is 1. The lowest BCUT2D eigenvalue weighted by Gasteiger charge is -2.26. The van der Waals surface area contributed by atoms with Gasteiger partial charge in [0.2, 0.25) is 0 Å². The first-order chi connectivity index (χ1) is 17.9. The Bertz CT molecular complexity index is 1670. The second-order valence-corrected chi connectivity index (χ2v) is 9.99. The van der Waals surface area contributed by atoms with Crippen LogP contribution in [0.25, 0.3) is 16.7 Å². The number of methoxy groups -OCH3 is 1. The SMILES string of the molecule is COc1ccc(S(=O)(=O)N(Cc2ccccc2)c2c(C(=O)O)cnc3c2cnn3-c2ccccc2)cc1. The van der Waals surface area contributed by atoms with Gasteiger partial charge in [0, 0.05) is 6.20 Å². The molecule has 0 bridgehead atoms. The molecule has 0 atom stereocenters. The first kappa shape index (κ1) is 24.0. The van der Waals surface area contributed by atoms with Gasteiger partial charge in [0.1, 0.15) is 11.3 Å². The summed E-state index contributed by atoms with van der Waals surface area (Å²) >= 11 is 0. The number of rotatable bonds is 8. The average Bonchev–Trinajstić information content (AvgIpc) is 3.36. The predicted octanol–water partition coefficient (Wildman–Crippen LogP) is 4.52. The van der Waals surface area contributed by atoms with Gasteiger partial charge in [0.05, 0.1) is 41.5 Å². The van der Waals surface area contributed by atoms with E-state index in [1.165, 1.54) is 31.6 Å². The number of aromatic carboxylic acids is 1. The zero-order valence-electron chi connectivity index (χ0n) is 19.7. The zero-order valence-corrected chi connectivity index (χ0v) is 20.5. The van der Waals surface area contributed by atoms with Gasteiger partial charge < -0.3 is 9.84 Å². The Morgan fingerprint density at radius 1 is 0.946 bits per heavy atom. The highest BCUT2D eigenvalue weighted by molar-refractivity contribution is 7.92. The highest BCUT2D eigenvalue weighted by Gasteiger charge is 2.32. The van der Waals surface area contributed by atoms with Crippen LogP contribution >= 0.6 is 0 Å². The van der Waals surface area contributed by atoms with E-state index in [0.717, 1.165) is 4.31 Å². The number of carboxylic acids is 1. The van der Waals surface area contributed by atoms with E-state index in [0.29, 0.717) is 22.6 Å². The van der Waals surface area contributed by atoms with Crippen LogP contribution in [-0.4, -0.2) is 41.4 Å². The van der Waals surface area contributed by atoms with Gasteiger partial charge >= 0.3 is 5.97 Å². The van der Waals surface area contributed by atoms with Crippen LogP contribution in [0.15, 0.2) is 102 Å². The van der Waals surface area contributed by atoms with E-state index in [1.807, 2.05) is 36.4 Å². The highest BCUT2D eigenvalue weighted by atomic mass is 32.2. The summed E-state index contributed by atoms with van der Waals surface area (Å²) in [6.45, 7) is -0.106.